The van der Waals surface area contributed by atoms with Gasteiger partial charge in [0.2, 0.25) is 5.91 Å². The summed E-state index contributed by atoms with van der Waals surface area (Å²) in [7, 11) is 0. The van der Waals surface area contributed by atoms with Gasteiger partial charge in [-0.05, 0) is 67.3 Å². The summed E-state index contributed by atoms with van der Waals surface area (Å²) in [6, 6.07) is 13.3. The summed E-state index contributed by atoms with van der Waals surface area (Å²) in [6.07, 6.45) is 22.5. The van der Waals surface area contributed by atoms with Crippen LogP contribution in [-0.4, -0.2) is 22.7 Å². The largest absolute Gasteiger partial charge is 0.504 e. The molecule has 4 N–H and O–H groups in total. The number of hydrogen-bond acceptors (Lipinski definition) is 4. The first-order valence-corrected chi connectivity index (χ1v) is 15.3. The van der Waals surface area contributed by atoms with Crippen LogP contribution < -0.4 is 10.6 Å². The van der Waals surface area contributed by atoms with Crippen LogP contribution >= 0.6 is 0 Å². The summed E-state index contributed by atoms with van der Waals surface area (Å²) in [5.74, 6) is -0.276. The van der Waals surface area contributed by atoms with Gasteiger partial charge in [-0.2, -0.15) is 0 Å². The molecule has 1 aliphatic rings. The van der Waals surface area contributed by atoms with Gasteiger partial charge in [0, 0.05) is 19.4 Å². The second-order valence-electron chi connectivity index (χ2n) is 11.1. The number of unbranched alkanes of at least 4 members (excludes halogenated alkanes) is 11. The molecule has 214 valence electrons. The molecule has 5 nitrogen and oxygen atoms in total. The Morgan fingerprint density at radius 1 is 0.872 bits per heavy atom. The molecule has 1 aliphatic heterocycles. The predicted octanol–water partition coefficient (Wildman–Crippen LogP) is 7.79. The van der Waals surface area contributed by atoms with E-state index in [2.05, 4.69) is 29.7 Å². The monoisotopic (exact) mass is 534 g/mol. The average molecular weight is 535 g/mol. The number of amides is 1. The molecule has 0 saturated heterocycles. The highest BCUT2D eigenvalue weighted by Crippen LogP contribution is 2.37. The molecule has 39 heavy (non-hydrogen) atoms. The first-order chi connectivity index (χ1) is 19.0. The molecule has 2 aromatic carbocycles. The van der Waals surface area contributed by atoms with Crippen LogP contribution in [0.3, 0.4) is 0 Å². The number of benzene rings is 2. The number of nitrogens with one attached hydrogen (secondary N) is 2. The van der Waals surface area contributed by atoms with E-state index in [1.165, 1.54) is 57.8 Å². The molecule has 1 heterocycles. The van der Waals surface area contributed by atoms with Gasteiger partial charge in [-0.1, -0.05) is 101 Å². The topological polar surface area (TPSA) is 81.6 Å². The molecule has 1 atom stereocenters. The second kappa shape index (κ2) is 17.0. The van der Waals surface area contributed by atoms with Crippen molar-refractivity contribution in [3.63, 3.8) is 0 Å². The Morgan fingerprint density at radius 3 is 2.18 bits per heavy atom. The Morgan fingerprint density at radius 2 is 1.49 bits per heavy atom. The fourth-order valence-corrected chi connectivity index (χ4v) is 5.60. The van der Waals surface area contributed by atoms with E-state index in [0.29, 0.717) is 19.4 Å². The fourth-order valence-electron chi connectivity index (χ4n) is 5.60. The van der Waals surface area contributed by atoms with Crippen molar-refractivity contribution in [1.82, 2.24) is 10.6 Å². The number of allylic oxidation sites excluding steroid dienone is 2. The van der Waals surface area contributed by atoms with E-state index in [9.17, 15) is 15.0 Å². The first kappa shape index (κ1) is 30.7. The van der Waals surface area contributed by atoms with Crippen LogP contribution in [0.4, 0.5) is 0 Å². The molecule has 0 aromatic heterocycles. The maximum absolute atomic E-state index is 13.1. The van der Waals surface area contributed by atoms with Gasteiger partial charge in [-0.15, -0.1) is 0 Å². The van der Waals surface area contributed by atoms with Crippen LogP contribution in [0.1, 0.15) is 114 Å². The number of fused-ring (bicyclic) bond motifs is 1. The van der Waals surface area contributed by atoms with Crippen molar-refractivity contribution in [3.05, 3.63) is 71.3 Å². The molecule has 5 heteroatoms. The Hall–Kier alpha value is -2.79. The number of rotatable bonds is 18. The molecule has 0 fully saturated rings. The number of carbonyl (C=O) groups is 1. The number of aromatic hydroxyl groups is 2. The van der Waals surface area contributed by atoms with Crippen molar-refractivity contribution < 1.29 is 15.0 Å². The van der Waals surface area contributed by atoms with Crippen molar-refractivity contribution in [2.75, 3.05) is 6.54 Å². The summed E-state index contributed by atoms with van der Waals surface area (Å²) in [5, 5.41) is 27.1. The lowest BCUT2D eigenvalue weighted by Crippen LogP contribution is -2.60. The molecule has 1 amide bonds. The third-order valence-electron chi connectivity index (χ3n) is 7.81. The number of phenols is 2. The molecule has 0 saturated carbocycles. The van der Waals surface area contributed by atoms with Gasteiger partial charge in [0.05, 0.1) is 0 Å². The van der Waals surface area contributed by atoms with E-state index in [1.807, 2.05) is 30.3 Å². The van der Waals surface area contributed by atoms with Crippen LogP contribution in [0.25, 0.3) is 0 Å². The molecule has 0 radical (unpaired) electrons. The molecular formula is C34H50N2O3. The van der Waals surface area contributed by atoms with Gasteiger partial charge in [0.25, 0.3) is 0 Å². The fraction of sp³-hybridized carbons (Fsp3) is 0.559. The average Bonchev–Trinajstić information content (AvgIpc) is 2.92. The smallest absolute Gasteiger partial charge is 0.221 e. The maximum atomic E-state index is 13.1. The summed E-state index contributed by atoms with van der Waals surface area (Å²) in [4.78, 5) is 13.1. The third-order valence-corrected chi connectivity index (χ3v) is 7.81. The predicted molar refractivity (Wildman–Crippen MR) is 161 cm³/mol. The van der Waals surface area contributed by atoms with Crippen LogP contribution in [0, 0.1) is 0 Å². The highest BCUT2D eigenvalue weighted by Gasteiger charge is 2.38. The van der Waals surface area contributed by atoms with E-state index in [4.69, 9.17) is 0 Å². The Balaban J connectivity index is 1.41. The molecule has 3 rings (SSSR count). The van der Waals surface area contributed by atoms with E-state index in [1.54, 1.807) is 12.1 Å². The van der Waals surface area contributed by atoms with Crippen molar-refractivity contribution in [1.29, 1.82) is 0 Å². The Kier molecular flexibility index (Phi) is 13.4. The minimum atomic E-state index is -0.820. The number of hydrogen-bond donors (Lipinski definition) is 4. The highest BCUT2D eigenvalue weighted by atomic mass is 16.3. The van der Waals surface area contributed by atoms with Crippen LogP contribution in [0.5, 0.6) is 11.5 Å². The van der Waals surface area contributed by atoms with Gasteiger partial charge >= 0.3 is 0 Å². The zero-order valence-electron chi connectivity index (χ0n) is 24.0. The first-order valence-electron chi connectivity index (χ1n) is 15.3. The van der Waals surface area contributed by atoms with Crippen molar-refractivity contribution in [3.8, 4) is 11.5 Å². The van der Waals surface area contributed by atoms with E-state index in [-0.39, 0.29) is 17.4 Å². The van der Waals surface area contributed by atoms with Gasteiger partial charge in [-0.25, -0.2) is 0 Å². The molecule has 1 unspecified atom stereocenters. The quantitative estimate of drug-likeness (QED) is 0.0894. The summed E-state index contributed by atoms with van der Waals surface area (Å²) >= 11 is 0. The van der Waals surface area contributed by atoms with Crippen molar-refractivity contribution >= 4 is 5.91 Å². The molecule has 0 aliphatic carbocycles. The van der Waals surface area contributed by atoms with Crippen molar-refractivity contribution in [2.24, 2.45) is 0 Å². The van der Waals surface area contributed by atoms with Crippen LogP contribution in [0.2, 0.25) is 0 Å². The van der Waals surface area contributed by atoms with Crippen LogP contribution in [0.15, 0.2) is 54.6 Å². The normalized spacial score (nSPS) is 16.8. The lowest BCUT2D eigenvalue weighted by molar-refractivity contribution is -0.123. The summed E-state index contributed by atoms with van der Waals surface area (Å²) in [5.41, 5.74) is 2.04. The Labute approximate surface area is 236 Å². The zero-order chi connectivity index (χ0) is 27.8. The maximum Gasteiger partial charge on any atom is 0.221 e. The van der Waals surface area contributed by atoms with Crippen LogP contribution in [-0.2, 0) is 23.3 Å². The lowest BCUT2D eigenvalue weighted by atomic mass is 9.84. The van der Waals surface area contributed by atoms with E-state index in [0.717, 1.165) is 48.8 Å². The lowest BCUT2D eigenvalue weighted by Gasteiger charge is -2.41. The van der Waals surface area contributed by atoms with Crippen molar-refractivity contribution in [2.45, 2.75) is 115 Å². The minimum absolute atomic E-state index is 0.0106. The molecular weight excluding hydrogens is 484 g/mol. The number of phenolic OH excluding ortho intramolecular Hbond substituents is 2. The molecule has 0 bridgehead atoms. The second-order valence-corrected chi connectivity index (χ2v) is 11.1. The van der Waals surface area contributed by atoms with E-state index < -0.39 is 5.66 Å². The van der Waals surface area contributed by atoms with Gasteiger partial charge < -0.3 is 15.5 Å². The SMILES string of the molecule is CCCCCCCC/C=C\CCCCCCCC(=O)NC1(Cc2ccccc2)NCCc2cc(O)c(O)cc21. The minimum Gasteiger partial charge on any atom is -0.504 e. The van der Waals surface area contributed by atoms with Gasteiger partial charge in [0.1, 0.15) is 5.66 Å². The third kappa shape index (κ3) is 10.4. The molecule has 2 aromatic rings. The summed E-state index contributed by atoms with van der Waals surface area (Å²) < 4.78 is 0. The van der Waals surface area contributed by atoms with E-state index >= 15 is 0 Å². The highest BCUT2D eigenvalue weighted by molar-refractivity contribution is 5.77. The number of carbonyl (C=O) groups excluding carboxylic acids is 1. The standard InChI is InChI=1S/C34H50N2O3/c1-2-3-4-5-6-7-8-9-10-11-12-13-14-15-19-22-33(39)36-34(27-28-20-17-16-18-21-28)30-26-32(38)31(37)25-29(30)23-24-35-34/h9-10,16-18,20-21,25-26,35,37-38H,2-8,11-15,19,22-24,27H2,1H3,(H,36,39)/b10-9-. The zero-order valence-corrected chi connectivity index (χ0v) is 24.0. The molecule has 0 spiro atoms. The summed E-state index contributed by atoms with van der Waals surface area (Å²) in [6.45, 7) is 2.94. The Bertz CT molecular complexity index is 1020. The van der Waals surface area contributed by atoms with Gasteiger partial charge in [-0.3, -0.25) is 10.1 Å². The van der Waals surface area contributed by atoms with Gasteiger partial charge in [0.15, 0.2) is 11.5 Å².